The summed E-state index contributed by atoms with van der Waals surface area (Å²) >= 11 is 8.55. The van der Waals surface area contributed by atoms with Crippen molar-refractivity contribution in [3.8, 4) is 0 Å². The maximum Gasteiger partial charge on any atom is 0.248 e. The minimum atomic E-state index is -3.05. The van der Waals surface area contributed by atoms with Crippen LogP contribution in [-0.2, 0) is 19.3 Å². The molecular weight excluding hydrogens is 604 g/mol. The summed E-state index contributed by atoms with van der Waals surface area (Å²) in [6.45, 7) is 13.7. The number of aryl methyl sites for hydroxylation is 3. The summed E-state index contributed by atoms with van der Waals surface area (Å²) in [6, 6.07) is 46.5. The molecule has 0 heterocycles. The second kappa shape index (κ2) is 13.9. The Morgan fingerprint density at radius 2 is 0.617 bits per heavy atom. The summed E-state index contributed by atoms with van der Waals surface area (Å²) in [6.07, 6.45) is 2.68. The van der Waals surface area contributed by atoms with Gasteiger partial charge < -0.3 is 0 Å². The van der Waals surface area contributed by atoms with Crippen molar-refractivity contribution in [3.63, 3.8) is 0 Å². The molecule has 0 atom stereocenters. The lowest BCUT2D eigenvalue weighted by atomic mass is 9.95. The van der Waals surface area contributed by atoms with Crippen LogP contribution in [0.25, 0.3) is 0 Å². The van der Waals surface area contributed by atoms with Gasteiger partial charge in [-0.2, -0.15) is 0 Å². The van der Waals surface area contributed by atoms with Gasteiger partial charge in [0.2, 0.25) is 7.38 Å². The van der Waals surface area contributed by atoms with Crippen molar-refractivity contribution >= 4 is 34.0 Å². The summed E-state index contributed by atoms with van der Waals surface area (Å²) in [5.41, 5.74) is 16.1. The third-order valence-corrected chi connectivity index (χ3v) is 16.0. The van der Waals surface area contributed by atoms with Gasteiger partial charge >= 0.3 is 0 Å². The number of hydrogen-bond acceptors (Lipinski definition) is 0. The van der Waals surface area contributed by atoms with E-state index in [1.165, 1.54) is 82.3 Å². The zero-order chi connectivity index (χ0) is 33.1. The summed E-state index contributed by atoms with van der Waals surface area (Å²) in [7, 11) is -3.05. The van der Waals surface area contributed by atoms with Crippen LogP contribution in [0.1, 0.15) is 66.8 Å². The average Bonchev–Trinajstić information content (AvgIpc) is 3.08. The van der Waals surface area contributed by atoms with Crippen molar-refractivity contribution in [2.45, 2.75) is 60.8 Å². The highest BCUT2D eigenvalue weighted by Gasteiger charge is 2.43. The Kier molecular flexibility index (Phi) is 9.69. The van der Waals surface area contributed by atoms with Crippen molar-refractivity contribution in [1.82, 2.24) is 0 Å². The molecule has 0 N–H and O–H groups in total. The van der Waals surface area contributed by atoms with Crippen molar-refractivity contribution in [2.75, 3.05) is 0 Å². The van der Waals surface area contributed by atoms with Gasteiger partial charge in [-0.1, -0.05) is 127 Å². The predicted octanol–water partition coefficient (Wildman–Crippen LogP) is 9.52. The largest absolute Gasteiger partial charge is 0.248 e. The lowest BCUT2D eigenvalue weighted by Crippen LogP contribution is -2.65. The Morgan fingerprint density at radius 1 is 0.362 bits per heavy atom. The zero-order valence-corrected chi connectivity index (χ0v) is 30.4. The quantitative estimate of drug-likeness (QED) is 0.0832. The fourth-order valence-electron chi connectivity index (χ4n) is 7.45. The van der Waals surface area contributed by atoms with Crippen LogP contribution in [-0.4, -0.2) is 7.38 Å². The first kappa shape index (κ1) is 32.8. The lowest BCUT2D eigenvalue weighted by Gasteiger charge is -2.34. The topological polar surface area (TPSA) is 0 Å². The molecule has 0 fully saturated rings. The molecular formula is C45H45ClSi. The average molecular weight is 649 g/mol. The Hall–Kier alpha value is -4.17. The second-order valence-corrected chi connectivity index (χ2v) is 17.9. The first-order chi connectivity index (χ1) is 22.7. The van der Waals surface area contributed by atoms with E-state index in [2.05, 4.69) is 169 Å². The van der Waals surface area contributed by atoms with Crippen molar-refractivity contribution < 1.29 is 0 Å². The molecule has 47 heavy (non-hydrogen) atoms. The molecule has 0 aromatic heterocycles. The number of rotatable bonds is 9. The zero-order valence-electron chi connectivity index (χ0n) is 28.6. The van der Waals surface area contributed by atoms with Crippen molar-refractivity contribution in [2.24, 2.45) is 0 Å². The van der Waals surface area contributed by atoms with Crippen molar-refractivity contribution in [1.29, 1.82) is 0 Å². The standard InChI is InChI=1S/C45H45ClSi/c1-31-22-25-43(34(4)40(31)28-37-16-10-7-11-17-37)47(46,44-26-23-32(2)41(35(44)5)29-38-18-12-8-13-19-38)45-27-24-33(3)42(36(45)6)30-39-20-14-9-15-21-39/h7-27H,28-30H2,1-6H3. The molecule has 0 saturated heterocycles. The highest BCUT2D eigenvalue weighted by atomic mass is 35.6. The monoisotopic (exact) mass is 648 g/mol. The van der Waals surface area contributed by atoms with Crippen LogP contribution >= 0.6 is 11.1 Å². The van der Waals surface area contributed by atoms with Gasteiger partial charge in [0.1, 0.15) is 0 Å². The molecule has 2 heteroatoms. The van der Waals surface area contributed by atoms with Gasteiger partial charge in [0.15, 0.2) is 0 Å². The predicted molar refractivity (Wildman–Crippen MR) is 206 cm³/mol. The van der Waals surface area contributed by atoms with E-state index in [0.29, 0.717) is 0 Å². The fourth-order valence-corrected chi connectivity index (χ4v) is 13.1. The van der Waals surface area contributed by atoms with E-state index in [1.807, 2.05) is 0 Å². The molecule has 0 bridgehead atoms. The maximum atomic E-state index is 8.55. The Labute approximate surface area is 287 Å². The van der Waals surface area contributed by atoms with Gasteiger partial charge in [-0.25, -0.2) is 0 Å². The molecule has 0 nitrogen and oxygen atoms in total. The van der Waals surface area contributed by atoms with E-state index in [4.69, 9.17) is 11.1 Å². The summed E-state index contributed by atoms with van der Waals surface area (Å²) < 4.78 is 0. The smallest absolute Gasteiger partial charge is 0.149 e. The van der Waals surface area contributed by atoms with Crippen LogP contribution in [0.15, 0.2) is 127 Å². The van der Waals surface area contributed by atoms with Gasteiger partial charge in [0, 0.05) is 0 Å². The summed E-state index contributed by atoms with van der Waals surface area (Å²) in [5, 5.41) is 3.89. The van der Waals surface area contributed by atoms with E-state index in [1.54, 1.807) is 0 Å². The molecule has 0 aliphatic rings. The van der Waals surface area contributed by atoms with Crippen LogP contribution in [0.2, 0.25) is 0 Å². The van der Waals surface area contributed by atoms with Crippen molar-refractivity contribution in [3.05, 3.63) is 194 Å². The first-order valence-electron chi connectivity index (χ1n) is 16.8. The SMILES string of the molecule is Cc1ccc([Si](Cl)(c2ccc(C)c(Cc3ccccc3)c2C)c2ccc(C)c(Cc3ccccc3)c2C)c(C)c1Cc1ccccc1. The van der Waals surface area contributed by atoms with E-state index in [0.717, 1.165) is 19.3 Å². The molecule has 0 aliphatic heterocycles. The molecule has 0 saturated carbocycles. The van der Waals surface area contributed by atoms with Crippen LogP contribution in [0.3, 0.4) is 0 Å². The normalized spacial score (nSPS) is 11.6. The minimum Gasteiger partial charge on any atom is -0.149 e. The lowest BCUT2D eigenvalue weighted by molar-refractivity contribution is 1.12. The van der Waals surface area contributed by atoms with Gasteiger partial charge in [-0.3, -0.25) is 0 Å². The minimum absolute atomic E-state index is 0.895. The van der Waals surface area contributed by atoms with Gasteiger partial charge in [0.05, 0.1) is 0 Å². The van der Waals surface area contributed by atoms with Crippen LogP contribution < -0.4 is 15.6 Å². The number of halogens is 1. The first-order valence-corrected chi connectivity index (χ1v) is 19.8. The molecule has 0 amide bonds. The van der Waals surface area contributed by atoms with Gasteiger partial charge in [-0.05, 0) is 143 Å². The molecule has 6 aromatic rings. The summed E-state index contributed by atoms with van der Waals surface area (Å²) in [4.78, 5) is 0. The van der Waals surface area contributed by atoms with Crippen LogP contribution in [0.4, 0.5) is 0 Å². The van der Waals surface area contributed by atoms with Gasteiger partial charge in [0.25, 0.3) is 0 Å². The Bertz CT molecular complexity index is 1780. The molecule has 0 spiro atoms. The van der Waals surface area contributed by atoms with E-state index in [-0.39, 0.29) is 0 Å². The fraction of sp³-hybridized carbons (Fsp3) is 0.200. The highest BCUT2D eigenvalue weighted by Crippen LogP contribution is 2.28. The van der Waals surface area contributed by atoms with Gasteiger partial charge in [-0.15, -0.1) is 11.1 Å². The molecule has 6 aromatic carbocycles. The van der Waals surface area contributed by atoms with Crippen LogP contribution in [0.5, 0.6) is 0 Å². The second-order valence-electron chi connectivity index (χ2n) is 13.2. The number of hydrogen-bond donors (Lipinski definition) is 0. The Balaban J connectivity index is 1.61. The van der Waals surface area contributed by atoms with Crippen LogP contribution in [0, 0.1) is 41.5 Å². The molecule has 0 radical (unpaired) electrons. The van der Waals surface area contributed by atoms with E-state index < -0.39 is 7.38 Å². The molecule has 6 rings (SSSR count). The van der Waals surface area contributed by atoms with E-state index >= 15 is 0 Å². The molecule has 0 aliphatic carbocycles. The maximum absolute atomic E-state index is 8.55. The third kappa shape index (κ3) is 6.53. The van der Waals surface area contributed by atoms with E-state index in [9.17, 15) is 0 Å². The summed E-state index contributed by atoms with van der Waals surface area (Å²) in [5.74, 6) is 0. The molecule has 236 valence electrons. The molecule has 0 unspecified atom stereocenters. The Morgan fingerprint density at radius 3 is 0.872 bits per heavy atom. The third-order valence-electron chi connectivity index (χ3n) is 10.3. The highest BCUT2D eigenvalue weighted by molar-refractivity contribution is 7.40. The number of benzene rings is 6.